The van der Waals surface area contributed by atoms with E-state index in [2.05, 4.69) is 5.32 Å². The Hall–Kier alpha value is -2.40. The molecule has 1 heterocycles. The van der Waals surface area contributed by atoms with Crippen LogP contribution in [-0.2, 0) is 16.0 Å². The second-order valence-corrected chi connectivity index (χ2v) is 7.84. The maximum absolute atomic E-state index is 13.2. The van der Waals surface area contributed by atoms with Crippen molar-refractivity contribution >= 4 is 29.1 Å². The van der Waals surface area contributed by atoms with Gasteiger partial charge in [0.2, 0.25) is 5.91 Å². The highest BCUT2D eigenvalue weighted by Crippen LogP contribution is 2.37. The van der Waals surface area contributed by atoms with Crippen molar-refractivity contribution < 1.29 is 13.9 Å². The number of amides is 1. The van der Waals surface area contributed by atoms with Crippen LogP contribution in [0.5, 0.6) is 0 Å². The Morgan fingerprint density at radius 2 is 1.38 bits per heavy atom. The van der Waals surface area contributed by atoms with E-state index in [0.717, 1.165) is 16.7 Å². The molecule has 1 fully saturated rings. The molecule has 6 heteroatoms. The lowest BCUT2D eigenvalue weighted by molar-refractivity contribution is -0.150. The molecule has 4 rings (SSSR count). The second-order valence-electron chi connectivity index (χ2n) is 6.97. The Morgan fingerprint density at radius 1 is 0.828 bits per heavy atom. The summed E-state index contributed by atoms with van der Waals surface area (Å²) in [6.45, 7) is 0. The minimum atomic E-state index is -0.690. The quantitative estimate of drug-likeness (QED) is 0.579. The van der Waals surface area contributed by atoms with E-state index in [-0.39, 0.29) is 17.8 Å². The van der Waals surface area contributed by atoms with Gasteiger partial charge in [-0.15, -0.1) is 0 Å². The van der Waals surface area contributed by atoms with Crippen LogP contribution in [0.25, 0.3) is 0 Å². The monoisotopic (exact) mass is 429 g/mol. The normalized spacial score (nSPS) is 21.6. The summed E-state index contributed by atoms with van der Waals surface area (Å²) in [7, 11) is 0. The molecule has 0 aliphatic carbocycles. The Morgan fingerprint density at radius 3 is 1.97 bits per heavy atom. The van der Waals surface area contributed by atoms with Crippen molar-refractivity contribution in [2.75, 3.05) is 0 Å². The van der Waals surface area contributed by atoms with Crippen LogP contribution in [-0.4, -0.2) is 12.0 Å². The summed E-state index contributed by atoms with van der Waals surface area (Å²) in [5, 5.41) is 4.33. The van der Waals surface area contributed by atoms with Crippen molar-refractivity contribution in [1.29, 1.82) is 0 Å². The summed E-state index contributed by atoms with van der Waals surface area (Å²) < 4.78 is 19.5. The molecule has 1 saturated heterocycles. The van der Waals surface area contributed by atoms with Gasteiger partial charge in [0.25, 0.3) is 0 Å². The van der Waals surface area contributed by atoms with Gasteiger partial charge in [0.05, 0.1) is 6.04 Å². The standard InChI is InChI=1S/C23H18Cl2FNO2/c24-17-7-3-15(4-8-17)21-22(16-5-9-18(25)10-6-16)29-20(23(28)27-21)13-14-1-11-19(26)12-2-14/h1-12,20-22H,13H2,(H,27,28)/t20-,21+,22-/m0/s1. The van der Waals surface area contributed by atoms with E-state index in [0.29, 0.717) is 16.5 Å². The van der Waals surface area contributed by atoms with E-state index in [9.17, 15) is 9.18 Å². The summed E-state index contributed by atoms with van der Waals surface area (Å²) in [4.78, 5) is 12.8. The Bertz CT molecular complexity index is 991. The van der Waals surface area contributed by atoms with Gasteiger partial charge in [-0.25, -0.2) is 4.39 Å². The van der Waals surface area contributed by atoms with Crippen molar-refractivity contribution in [3.05, 3.63) is 105 Å². The first-order chi connectivity index (χ1) is 14.0. The molecule has 29 heavy (non-hydrogen) atoms. The van der Waals surface area contributed by atoms with Gasteiger partial charge >= 0.3 is 0 Å². The molecule has 0 aromatic heterocycles. The number of ether oxygens (including phenoxy) is 1. The molecule has 0 saturated carbocycles. The SMILES string of the molecule is O=C1N[C@H](c2ccc(Cl)cc2)[C@H](c2ccc(Cl)cc2)O[C@H]1Cc1ccc(F)cc1. The van der Waals surface area contributed by atoms with Gasteiger partial charge in [0.15, 0.2) is 0 Å². The minimum Gasteiger partial charge on any atom is -0.358 e. The Kier molecular flexibility index (Phi) is 5.86. The van der Waals surface area contributed by atoms with Gasteiger partial charge in [0, 0.05) is 16.5 Å². The molecule has 1 N–H and O–H groups in total. The van der Waals surface area contributed by atoms with Crippen molar-refractivity contribution in [1.82, 2.24) is 5.32 Å². The first-order valence-electron chi connectivity index (χ1n) is 9.21. The highest BCUT2D eigenvalue weighted by molar-refractivity contribution is 6.30. The summed E-state index contributed by atoms with van der Waals surface area (Å²) in [5.74, 6) is -0.524. The van der Waals surface area contributed by atoms with Gasteiger partial charge in [0.1, 0.15) is 18.0 Å². The maximum Gasteiger partial charge on any atom is 0.250 e. The largest absolute Gasteiger partial charge is 0.358 e. The number of benzene rings is 3. The number of halogens is 3. The lowest BCUT2D eigenvalue weighted by Gasteiger charge is -2.37. The van der Waals surface area contributed by atoms with E-state index in [1.807, 2.05) is 24.3 Å². The topological polar surface area (TPSA) is 38.3 Å². The van der Waals surface area contributed by atoms with Crippen LogP contribution in [0.4, 0.5) is 4.39 Å². The van der Waals surface area contributed by atoms with E-state index in [1.54, 1.807) is 36.4 Å². The van der Waals surface area contributed by atoms with Crippen molar-refractivity contribution in [2.24, 2.45) is 0 Å². The fourth-order valence-electron chi connectivity index (χ4n) is 3.47. The summed E-state index contributed by atoms with van der Waals surface area (Å²) in [5.41, 5.74) is 2.62. The zero-order valence-electron chi connectivity index (χ0n) is 15.3. The molecule has 1 aliphatic heterocycles. The zero-order chi connectivity index (χ0) is 20.4. The molecule has 1 aliphatic rings. The van der Waals surface area contributed by atoms with Gasteiger partial charge in [-0.2, -0.15) is 0 Å². The molecule has 148 valence electrons. The number of carbonyl (C=O) groups excluding carboxylic acids is 1. The molecule has 0 spiro atoms. The third-order valence-corrected chi connectivity index (χ3v) is 5.47. The molecule has 0 bridgehead atoms. The van der Waals surface area contributed by atoms with Crippen LogP contribution >= 0.6 is 23.2 Å². The number of rotatable bonds is 4. The number of morpholine rings is 1. The van der Waals surface area contributed by atoms with Crippen LogP contribution in [0, 0.1) is 5.82 Å². The zero-order valence-corrected chi connectivity index (χ0v) is 16.8. The first-order valence-corrected chi connectivity index (χ1v) is 9.96. The number of nitrogens with one attached hydrogen (secondary N) is 1. The number of carbonyl (C=O) groups is 1. The lowest BCUT2D eigenvalue weighted by atomic mass is 9.92. The van der Waals surface area contributed by atoms with Crippen LogP contribution in [0.15, 0.2) is 72.8 Å². The average Bonchev–Trinajstić information content (AvgIpc) is 2.72. The van der Waals surface area contributed by atoms with E-state index >= 15 is 0 Å². The fourth-order valence-corrected chi connectivity index (χ4v) is 3.72. The fraction of sp³-hybridized carbons (Fsp3) is 0.174. The third kappa shape index (κ3) is 4.61. The van der Waals surface area contributed by atoms with Crippen LogP contribution in [0.3, 0.4) is 0 Å². The van der Waals surface area contributed by atoms with E-state index in [4.69, 9.17) is 27.9 Å². The molecule has 3 aromatic rings. The highest BCUT2D eigenvalue weighted by Gasteiger charge is 2.38. The van der Waals surface area contributed by atoms with Gasteiger partial charge in [-0.1, -0.05) is 59.6 Å². The minimum absolute atomic E-state index is 0.209. The maximum atomic E-state index is 13.2. The molecule has 3 nitrogen and oxygen atoms in total. The molecular formula is C23H18Cl2FNO2. The van der Waals surface area contributed by atoms with Crippen LogP contribution in [0.2, 0.25) is 10.0 Å². The van der Waals surface area contributed by atoms with Crippen LogP contribution < -0.4 is 5.32 Å². The van der Waals surface area contributed by atoms with Gasteiger partial charge in [-0.05, 0) is 53.1 Å². The highest BCUT2D eigenvalue weighted by atomic mass is 35.5. The molecule has 0 unspecified atom stereocenters. The van der Waals surface area contributed by atoms with Gasteiger partial charge in [-0.3, -0.25) is 4.79 Å². The first kappa shape index (κ1) is 19.9. The lowest BCUT2D eigenvalue weighted by Crippen LogP contribution is -2.48. The van der Waals surface area contributed by atoms with E-state index < -0.39 is 12.2 Å². The molecule has 1 amide bonds. The third-order valence-electron chi connectivity index (χ3n) is 4.97. The Labute approximate surface area is 178 Å². The predicted octanol–water partition coefficient (Wildman–Crippen LogP) is 5.67. The number of hydrogen-bond donors (Lipinski definition) is 1. The summed E-state index contributed by atoms with van der Waals surface area (Å²) >= 11 is 12.1. The smallest absolute Gasteiger partial charge is 0.250 e. The van der Waals surface area contributed by atoms with Gasteiger partial charge < -0.3 is 10.1 Å². The molecule has 3 atom stereocenters. The summed E-state index contributed by atoms with van der Waals surface area (Å²) in [6.07, 6.45) is -0.745. The Balaban J connectivity index is 1.64. The molecular weight excluding hydrogens is 412 g/mol. The summed E-state index contributed by atoms with van der Waals surface area (Å²) in [6, 6.07) is 20.4. The van der Waals surface area contributed by atoms with Crippen molar-refractivity contribution in [2.45, 2.75) is 24.7 Å². The molecule has 0 radical (unpaired) electrons. The average molecular weight is 430 g/mol. The second kappa shape index (κ2) is 8.54. The van der Waals surface area contributed by atoms with E-state index in [1.165, 1.54) is 12.1 Å². The molecule has 3 aromatic carbocycles. The number of hydrogen-bond acceptors (Lipinski definition) is 2. The van der Waals surface area contributed by atoms with Crippen molar-refractivity contribution in [3.8, 4) is 0 Å². The van der Waals surface area contributed by atoms with Crippen molar-refractivity contribution in [3.63, 3.8) is 0 Å². The van der Waals surface area contributed by atoms with Crippen LogP contribution in [0.1, 0.15) is 28.8 Å². The predicted molar refractivity (Wildman–Crippen MR) is 112 cm³/mol.